The molecule has 0 amide bonds. The Hall–Kier alpha value is -5.97. The van der Waals surface area contributed by atoms with Gasteiger partial charge in [0, 0.05) is 0 Å². The highest BCUT2D eigenvalue weighted by Gasteiger charge is 2.36. The summed E-state index contributed by atoms with van der Waals surface area (Å²) < 4.78 is 0. The Labute approximate surface area is 683 Å². The number of hydrogen-bond donors (Lipinski definition) is 0. The Morgan fingerprint density at radius 2 is 0.342 bits per heavy atom. The maximum Gasteiger partial charge on any atom is 0.166 e. The molecule has 0 nitrogen and oxygen atoms in total. The van der Waals surface area contributed by atoms with Crippen LogP contribution >= 0.6 is 0 Å². The molecule has 4 unspecified atom stereocenters. The van der Waals surface area contributed by atoms with Gasteiger partial charge in [0.05, 0.1) is 32.7 Å². The molecule has 0 spiro atoms. The van der Waals surface area contributed by atoms with Gasteiger partial charge in [-0.25, -0.2) is 0 Å². The fourth-order valence-corrected chi connectivity index (χ4v) is 28.0. The normalized spacial score (nSPS) is 23.6. The van der Waals surface area contributed by atoms with E-state index in [1.165, 1.54) is 333 Å². The van der Waals surface area contributed by atoms with E-state index in [2.05, 4.69) is 231 Å². The van der Waals surface area contributed by atoms with Crippen LogP contribution in [0.15, 0.2) is 275 Å². The summed E-state index contributed by atoms with van der Waals surface area (Å²) in [5, 5.41) is 0. The molecule has 6 aliphatic rings. The third-order valence-electron chi connectivity index (χ3n) is 28.2. The smallest absolute Gasteiger partial charge is 0.0619 e. The first kappa shape index (κ1) is 80.2. The minimum Gasteiger partial charge on any atom is -0.0619 e. The van der Waals surface area contributed by atoms with Crippen LogP contribution in [0.5, 0.6) is 0 Å². The molecule has 0 saturated heterocycles. The standard InChI is InChI=1S/C108H137S3/c1-2-6-15-36-84(37-16-7-3-1)91-58-70-102(71-59-91)109(100-53-23-13-24-54-100)103-72-60-94(61-73-103)87-44-29-33-48-90(49-34-30-45-87)99-52-35-57-108(83-99)111(101-55-25-14-26-56-101)107-78-66-95(67-79-107)88-42-27-31-46-89(47-32-28-43-88)97-50-21-12-22-51-98(82-97)96-68-80-106(81-69-96)110(104-74-62-92(63-75-104)85-38-17-8-4-9-18-39-85)105-76-64-93(65-77-105)86-40-19-10-5-11-20-41-86/h13-14,23-26,35,52-81,83-90,97-98H,1-12,15-22,27-34,36-51,82H2/q+3. The van der Waals surface area contributed by atoms with Crippen molar-refractivity contribution in [3.8, 4) is 0 Å². The molecule has 0 heterocycles. The molecule has 0 aromatic heterocycles. The minimum absolute atomic E-state index is 0.132. The number of rotatable bonds is 17. The molecule has 6 saturated carbocycles. The van der Waals surface area contributed by atoms with Gasteiger partial charge in [-0.3, -0.25) is 0 Å². The van der Waals surface area contributed by atoms with Crippen molar-refractivity contribution in [3.05, 3.63) is 269 Å². The molecule has 0 aliphatic heterocycles. The molecule has 111 heavy (non-hydrogen) atoms. The zero-order chi connectivity index (χ0) is 74.9. The first-order valence-electron chi connectivity index (χ1n) is 46.1. The third-order valence-corrected chi connectivity index (χ3v) is 34.9. The van der Waals surface area contributed by atoms with Crippen molar-refractivity contribution >= 4 is 32.7 Å². The highest BCUT2D eigenvalue weighted by Crippen LogP contribution is 2.46. The lowest BCUT2D eigenvalue weighted by Crippen LogP contribution is -2.21. The van der Waals surface area contributed by atoms with Gasteiger partial charge in [0.25, 0.3) is 0 Å². The van der Waals surface area contributed by atoms with E-state index in [4.69, 9.17) is 0 Å². The van der Waals surface area contributed by atoms with E-state index in [-0.39, 0.29) is 32.7 Å². The number of hydrogen-bond acceptors (Lipinski definition) is 0. The lowest BCUT2D eigenvalue weighted by atomic mass is 9.72. The van der Waals surface area contributed by atoms with Gasteiger partial charge in [-0.15, -0.1) is 0 Å². The van der Waals surface area contributed by atoms with Crippen LogP contribution in [0.2, 0.25) is 0 Å². The molecule has 9 aromatic carbocycles. The Morgan fingerprint density at radius 3 is 0.649 bits per heavy atom. The molecule has 584 valence electrons. The van der Waals surface area contributed by atoms with Crippen LogP contribution in [-0.4, -0.2) is 0 Å². The molecule has 9 aromatic rings. The van der Waals surface area contributed by atoms with Crippen LogP contribution in [0.3, 0.4) is 0 Å². The summed E-state index contributed by atoms with van der Waals surface area (Å²) in [6.45, 7) is 0. The highest BCUT2D eigenvalue weighted by atomic mass is 32.2. The monoisotopic (exact) mass is 1530 g/mol. The molecule has 15 rings (SSSR count). The highest BCUT2D eigenvalue weighted by molar-refractivity contribution is 7.97. The van der Waals surface area contributed by atoms with E-state index < -0.39 is 0 Å². The molecule has 0 bridgehead atoms. The van der Waals surface area contributed by atoms with E-state index in [9.17, 15) is 0 Å². The van der Waals surface area contributed by atoms with E-state index in [0.29, 0.717) is 29.6 Å². The first-order chi connectivity index (χ1) is 55.1. The summed E-state index contributed by atoms with van der Waals surface area (Å²) in [7, 11) is -0.441. The summed E-state index contributed by atoms with van der Waals surface area (Å²) in [4.78, 5) is 13.2. The maximum absolute atomic E-state index is 2.65. The SMILES string of the molecule is c1ccc([S+](c2ccc(C3CCCCCCCCC3)cc2)c2ccc(C3CCCCC(c4cccc([S+](c5ccccc5)c5ccc(C6CCCCC(C7CCCCCC(c8ccc([S+](c9ccc(C%10CCCCCCC%10)cc9)c9ccc(C%10CCCCCCC%10)cc9)cc8)C7)CCCC6)cc5)c4)CCCC3)cc2)cc1. The van der Waals surface area contributed by atoms with Gasteiger partial charge in [0.15, 0.2) is 44.1 Å². The molecule has 0 radical (unpaired) electrons. The largest absolute Gasteiger partial charge is 0.166 e. The van der Waals surface area contributed by atoms with Gasteiger partial charge in [-0.05, 0) is 291 Å². The molecule has 0 N–H and O–H groups in total. The molecule has 4 atom stereocenters. The van der Waals surface area contributed by atoms with E-state index in [1.807, 2.05) is 0 Å². The molecular weight excluding hydrogens is 1390 g/mol. The fraction of sp³-hybridized carbons (Fsp3) is 0.500. The first-order valence-corrected chi connectivity index (χ1v) is 49.8. The van der Waals surface area contributed by atoms with Crippen molar-refractivity contribution in [2.45, 2.75) is 374 Å². The zero-order valence-corrected chi connectivity index (χ0v) is 70.6. The minimum atomic E-state index is -0.171. The molecular formula is C108H137S3+3. The Balaban J connectivity index is 0.561. The second-order valence-electron chi connectivity index (χ2n) is 35.7. The lowest BCUT2D eigenvalue weighted by Gasteiger charge is -2.34. The van der Waals surface area contributed by atoms with Gasteiger partial charge in [0.1, 0.15) is 0 Å². The predicted molar refractivity (Wildman–Crippen MR) is 478 cm³/mol. The Kier molecular flexibility index (Phi) is 30.8. The van der Waals surface area contributed by atoms with Crippen molar-refractivity contribution in [3.63, 3.8) is 0 Å². The summed E-state index contributed by atoms with van der Waals surface area (Å²) in [5.41, 5.74) is 11.0. The quantitative estimate of drug-likeness (QED) is 0.0797. The van der Waals surface area contributed by atoms with Crippen molar-refractivity contribution in [2.75, 3.05) is 0 Å². The molecule has 6 aliphatic carbocycles. The second-order valence-corrected chi connectivity index (χ2v) is 41.8. The maximum atomic E-state index is 2.65. The van der Waals surface area contributed by atoms with Crippen LogP contribution < -0.4 is 0 Å². The van der Waals surface area contributed by atoms with Gasteiger partial charge in [-0.2, -0.15) is 0 Å². The number of benzene rings is 9. The van der Waals surface area contributed by atoms with Crippen LogP contribution in [-0.2, 0) is 32.7 Å². The van der Waals surface area contributed by atoms with Crippen LogP contribution in [0.4, 0.5) is 0 Å². The summed E-state index contributed by atoms with van der Waals surface area (Å²) in [6, 6.07) is 93.9. The van der Waals surface area contributed by atoms with Crippen molar-refractivity contribution in [1.82, 2.24) is 0 Å². The van der Waals surface area contributed by atoms with Crippen LogP contribution in [0, 0.1) is 11.8 Å². The molecule has 6 fully saturated rings. The summed E-state index contributed by atoms with van der Waals surface area (Å²) >= 11 is 0. The van der Waals surface area contributed by atoms with Crippen molar-refractivity contribution in [2.24, 2.45) is 11.8 Å². The topological polar surface area (TPSA) is 0 Å². The van der Waals surface area contributed by atoms with Gasteiger partial charge >= 0.3 is 0 Å². The van der Waals surface area contributed by atoms with Gasteiger partial charge < -0.3 is 0 Å². The van der Waals surface area contributed by atoms with E-state index in [0.717, 1.165) is 23.7 Å². The van der Waals surface area contributed by atoms with Crippen LogP contribution in [0.1, 0.15) is 369 Å². The average Bonchev–Trinajstić information content (AvgIpc) is 0.804. The van der Waals surface area contributed by atoms with Crippen molar-refractivity contribution < 1.29 is 0 Å². The zero-order valence-electron chi connectivity index (χ0n) is 68.2. The van der Waals surface area contributed by atoms with Gasteiger partial charge in [-0.1, -0.05) is 320 Å². The Bertz CT molecular complexity index is 4010. The van der Waals surface area contributed by atoms with Crippen LogP contribution in [0.25, 0.3) is 0 Å². The van der Waals surface area contributed by atoms with Crippen molar-refractivity contribution in [1.29, 1.82) is 0 Å². The van der Waals surface area contributed by atoms with E-state index in [1.54, 1.807) is 38.9 Å². The molecule has 3 heteroatoms. The lowest BCUT2D eigenvalue weighted by molar-refractivity contribution is 0.212. The third kappa shape index (κ3) is 22.4. The summed E-state index contributed by atoms with van der Waals surface area (Å²) in [6.07, 6.45) is 61.8. The Morgan fingerprint density at radius 1 is 0.144 bits per heavy atom. The predicted octanol–water partition coefficient (Wildman–Crippen LogP) is 32.8. The van der Waals surface area contributed by atoms with Gasteiger partial charge in [0.2, 0.25) is 0 Å². The average molecular weight is 1530 g/mol. The second kappa shape index (κ2) is 42.6. The van der Waals surface area contributed by atoms with E-state index >= 15 is 0 Å². The fourth-order valence-electron chi connectivity index (χ4n) is 21.7. The summed E-state index contributed by atoms with van der Waals surface area (Å²) in [5.74, 6) is 6.44.